The molecule has 0 amide bonds. The molecule has 4 rings (SSSR count). The average Bonchev–Trinajstić information content (AvgIpc) is 2.68. The van der Waals surface area contributed by atoms with Crippen molar-refractivity contribution in [1.29, 1.82) is 0 Å². The number of dihydropyridines is 2. The zero-order valence-electron chi connectivity index (χ0n) is 13.2. The van der Waals surface area contributed by atoms with Crippen molar-refractivity contribution >= 4 is 6.21 Å². The van der Waals surface area contributed by atoms with E-state index >= 15 is 0 Å². The van der Waals surface area contributed by atoms with Crippen LogP contribution in [0.25, 0.3) is 0 Å². The summed E-state index contributed by atoms with van der Waals surface area (Å²) in [6, 6.07) is 5.92. The summed E-state index contributed by atoms with van der Waals surface area (Å²) in [7, 11) is 0. The normalized spacial score (nSPS) is 27.7. The molecule has 3 aliphatic rings. The molecule has 1 aromatic rings. The Balaban J connectivity index is 1.62. The molecule has 24 heavy (non-hydrogen) atoms. The summed E-state index contributed by atoms with van der Waals surface area (Å²) in [6.07, 6.45) is 18.0. The van der Waals surface area contributed by atoms with Gasteiger partial charge in [0.05, 0.1) is 18.3 Å². The standard InChI is InChI=1S/C20H19N3O/c24-13-15-6-3-5-14-10-12-22-20(19(14)15)18-9-4-8-17(23-18)16-7-1-2-11-21-16/h1-12,17,19-20,23-24H,13H2/t17?,19-,20+/m1/s1. The van der Waals surface area contributed by atoms with E-state index in [0.29, 0.717) is 0 Å². The Bertz CT molecular complexity index is 799. The van der Waals surface area contributed by atoms with E-state index in [1.165, 1.54) is 5.57 Å². The van der Waals surface area contributed by atoms with E-state index in [2.05, 4.69) is 34.6 Å². The molecular weight excluding hydrogens is 298 g/mol. The molecule has 4 nitrogen and oxygen atoms in total. The van der Waals surface area contributed by atoms with Crippen molar-refractivity contribution in [3.8, 4) is 0 Å². The molecule has 0 saturated heterocycles. The number of hydrogen-bond donors (Lipinski definition) is 2. The Kier molecular flexibility index (Phi) is 3.97. The fourth-order valence-electron chi connectivity index (χ4n) is 3.43. The van der Waals surface area contributed by atoms with Gasteiger partial charge in [-0.25, -0.2) is 0 Å². The highest BCUT2D eigenvalue weighted by molar-refractivity contribution is 5.76. The average molecular weight is 317 g/mol. The Morgan fingerprint density at radius 3 is 2.92 bits per heavy atom. The van der Waals surface area contributed by atoms with E-state index in [4.69, 9.17) is 4.99 Å². The topological polar surface area (TPSA) is 57.5 Å². The van der Waals surface area contributed by atoms with Crippen molar-refractivity contribution < 1.29 is 5.11 Å². The molecule has 1 aromatic heterocycles. The van der Waals surface area contributed by atoms with Crippen molar-refractivity contribution in [2.24, 2.45) is 10.9 Å². The molecule has 0 saturated carbocycles. The van der Waals surface area contributed by atoms with Gasteiger partial charge in [0.15, 0.2) is 0 Å². The van der Waals surface area contributed by atoms with Crippen LogP contribution in [-0.2, 0) is 0 Å². The van der Waals surface area contributed by atoms with Crippen LogP contribution in [-0.4, -0.2) is 29.0 Å². The molecule has 1 unspecified atom stereocenters. The second kappa shape index (κ2) is 6.42. The van der Waals surface area contributed by atoms with Crippen LogP contribution in [0, 0.1) is 5.92 Å². The Morgan fingerprint density at radius 1 is 1.12 bits per heavy atom. The molecule has 2 N–H and O–H groups in total. The lowest BCUT2D eigenvalue weighted by Gasteiger charge is -2.34. The maximum Gasteiger partial charge on any atom is 0.100 e. The second-order valence-electron chi connectivity index (χ2n) is 6.03. The summed E-state index contributed by atoms with van der Waals surface area (Å²) in [5, 5.41) is 13.3. The first kappa shape index (κ1) is 14.8. The van der Waals surface area contributed by atoms with Crippen molar-refractivity contribution in [2.45, 2.75) is 12.1 Å². The lowest BCUT2D eigenvalue weighted by molar-refractivity contribution is 0.313. The second-order valence-corrected chi connectivity index (χ2v) is 6.03. The largest absolute Gasteiger partial charge is 0.392 e. The first-order chi connectivity index (χ1) is 11.9. The maximum absolute atomic E-state index is 9.73. The highest BCUT2D eigenvalue weighted by Crippen LogP contribution is 2.36. The molecule has 0 fully saturated rings. The molecule has 2 aliphatic heterocycles. The van der Waals surface area contributed by atoms with Gasteiger partial charge in [-0.1, -0.05) is 36.4 Å². The molecule has 0 aromatic carbocycles. The number of fused-ring (bicyclic) bond motifs is 1. The smallest absolute Gasteiger partial charge is 0.100 e. The van der Waals surface area contributed by atoms with Gasteiger partial charge in [0.2, 0.25) is 0 Å². The molecule has 1 aliphatic carbocycles. The number of aliphatic imine (C=N–C) groups is 1. The van der Waals surface area contributed by atoms with Crippen LogP contribution in [0.2, 0.25) is 0 Å². The van der Waals surface area contributed by atoms with Gasteiger partial charge >= 0.3 is 0 Å². The summed E-state index contributed by atoms with van der Waals surface area (Å²) in [6.45, 7) is 0.0468. The van der Waals surface area contributed by atoms with Crippen molar-refractivity contribution in [2.75, 3.05) is 6.61 Å². The number of nitrogens with zero attached hydrogens (tertiary/aromatic N) is 2. The van der Waals surface area contributed by atoms with Crippen molar-refractivity contribution in [3.05, 3.63) is 89.5 Å². The van der Waals surface area contributed by atoms with E-state index in [9.17, 15) is 5.11 Å². The minimum Gasteiger partial charge on any atom is -0.392 e. The van der Waals surface area contributed by atoms with E-state index in [-0.39, 0.29) is 24.6 Å². The zero-order valence-corrected chi connectivity index (χ0v) is 13.2. The first-order valence-corrected chi connectivity index (χ1v) is 8.14. The highest BCUT2D eigenvalue weighted by Gasteiger charge is 2.33. The SMILES string of the molecule is OCC1=CC=CC2=CC=N[C@@H](C3=CC=CC(c4ccccn4)N3)[C@H]21. The number of nitrogens with one attached hydrogen (secondary N) is 1. The third kappa shape index (κ3) is 2.65. The van der Waals surface area contributed by atoms with Crippen LogP contribution in [0.1, 0.15) is 11.7 Å². The van der Waals surface area contributed by atoms with E-state index in [1.807, 2.05) is 42.6 Å². The van der Waals surface area contributed by atoms with Crippen molar-refractivity contribution in [3.63, 3.8) is 0 Å². The van der Waals surface area contributed by atoms with Gasteiger partial charge in [-0.15, -0.1) is 0 Å². The number of rotatable bonds is 3. The van der Waals surface area contributed by atoms with Gasteiger partial charge in [-0.3, -0.25) is 9.98 Å². The number of allylic oxidation sites excluding steroid dienone is 6. The number of pyridine rings is 1. The predicted octanol–water partition coefficient (Wildman–Crippen LogP) is 2.65. The van der Waals surface area contributed by atoms with Crippen LogP contribution >= 0.6 is 0 Å². The van der Waals surface area contributed by atoms with Gasteiger partial charge in [0.25, 0.3) is 0 Å². The van der Waals surface area contributed by atoms with Crippen LogP contribution < -0.4 is 5.32 Å². The molecule has 4 heteroatoms. The van der Waals surface area contributed by atoms with Crippen LogP contribution in [0.4, 0.5) is 0 Å². The summed E-state index contributed by atoms with van der Waals surface area (Å²) >= 11 is 0. The minimum absolute atomic E-state index is 0.0384. The highest BCUT2D eigenvalue weighted by atomic mass is 16.3. The number of aromatic nitrogens is 1. The van der Waals surface area contributed by atoms with Crippen LogP contribution in [0.15, 0.2) is 88.8 Å². The molecule has 3 heterocycles. The van der Waals surface area contributed by atoms with E-state index in [1.54, 1.807) is 6.20 Å². The number of hydrogen-bond acceptors (Lipinski definition) is 4. The lowest BCUT2D eigenvalue weighted by atomic mass is 9.78. The molecular formula is C20H19N3O. The van der Waals surface area contributed by atoms with Gasteiger partial charge in [0.1, 0.15) is 6.04 Å². The number of aliphatic hydroxyl groups excluding tert-OH is 1. The first-order valence-electron chi connectivity index (χ1n) is 8.14. The summed E-state index contributed by atoms with van der Waals surface area (Å²) < 4.78 is 0. The Labute approximate surface area is 141 Å². The molecule has 0 radical (unpaired) electrons. The van der Waals surface area contributed by atoms with Gasteiger partial charge in [-0.05, 0) is 35.4 Å². The molecule has 3 atom stereocenters. The lowest BCUT2D eigenvalue weighted by Crippen LogP contribution is -2.36. The fourth-order valence-corrected chi connectivity index (χ4v) is 3.43. The van der Waals surface area contributed by atoms with Gasteiger partial charge in [-0.2, -0.15) is 0 Å². The Morgan fingerprint density at radius 2 is 2.08 bits per heavy atom. The van der Waals surface area contributed by atoms with Gasteiger partial charge < -0.3 is 10.4 Å². The monoisotopic (exact) mass is 317 g/mol. The summed E-state index contributed by atoms with van der Waals surface area (Å²) in [4.78, 5) is 9.13. The fraction of sp³-hybridized carbons (Fsp3) is 0.200. The zero-order chi connectivity index (χ0) is 16.4. The third-order valence-electron chi connectivity index (χ3n) is 4.60. The van der Waals surface area contributed by atoms with Crippen LogP contribution in [0.3, 0.4) is 0 Å². The number of aliphatic hydroxyl groups is 1. The van der Waals surface area contributed by atoms with Crippen molar-refractivity contribution in [1.82, 2.24) is 10.3 Å². The molecule has 0 bridgehead atoms. The van der Waals surface area contributed by atoms with E-state index < -0.39 is 0 Å². The third-order valence-corrected chi connectivity index (χ3v) is 4.60. The maximum atomic E-state index is 9.73. The van der Waals surface area contributed by atoms with E-state index in [0.717, 1.165) is 17.0 Å². The predicted molar refractivity (Wildman–Crippen MR) is 95.5 cm³/mol. The van der Waals surface area contributed by atoms with Gasteiger partial charge in [0, 0.05) is 24.0 Å². The van der Waals surface area contributed by atoms with Crippen LogP contribution in [0.5, 0.6) is 0 Å². The quantitative estimate of drug-likeness (QED) is 0.901. The molecule has 0 spiro atoms. The summed E-state index contributed by atoms with van der Waals surface area (Å²) in [5.74, 6) is 0.0830. The minimum atomic E-state index is -0.0514. The molecule has 120 valence electrons. The Hall–Kier alpha value is -2.72. The summed E-state index contributed by atoms with van der Waals surface area (Å²) in [5.41, 5.74) is 4.22.